The fraction of sp³-hybridized carbons (Fsp3) is 0.333. The first-order valence-electron chi connectivity index (χ1n) is 6.05. The minimum atomic E-state index is -1.22. The number of aromatic amines is 1. The first-order chi connectivity index (χ1) is 9.52. The standard InChI is InChI=1S/C12H14N4O3S/c1-3-7-4-13-11(20-7)6(2)16-10(17)8-9(12(18)19)15-5-14-8/h4-6H,3H2,1-2H3,(H,14,15)(H,16,17)(H,18,19). The number of carboxylic acids is 1. The fourth-order valence-corrected chi connectivity index (χ4v) is 2.50. The molecule has 0 aliphatic heterocycles. The number of imidazole rings is 1. The summed E-state index contributed by atoms with van der Waals surface area (Å²) in [5.74, 6) is -1.76. The average Bonchev–Trinajstić information content (AvgIpc) is 3.07. The first kappa shape index (κ1) is 14.2. The van der Waals surface area contributed by atoms with Gasteiger partial charge >= 0.3 is 5.97 Å². The molecular formula is C12H14N4O3S. The molecule has 2 aromatic rings. The molecule has 0 fully saturated rings. The molecule has 1 unspecified atom stereocenters. The maximum Gasteiger partial charge on any atom is 0.354 e. The molecule has 8 heteroatoms. The lowest BCUT2D eigenvalue weighted by atomic mass is 10.2. The Balaban J connectivity index is 2.11. The topological polar surface area (TPSA) is 108 Å². The molecule has 0 saturated carbocycles. The van der Waals surface area contributed by atoms with Gasteiger partial charge in [-0.15, -0.1) is 11.3 Å². The van der Waals surface area contributed by atoms with E-state index >= 15 is 0 Å². The highest BCUT2D eigenvalue weighted by Crippen LogP contribution is 2.20. The summed E-state index contributed by atoms with van der Waals surface area (Å²) in [6.07, 6.45) is 3.85. The number of nitrogens with one attached hydrogen (secondary N) is 2. The molecule has 2 aromatic heterocycles. The second-order valence-corrected chi connectivity index (χ2v) is 5.29. The molecular weight excluding hydrogens is 280 g/mol. The molecule has 2 heterocycles. The smallest absolute Gasteiger partial charge is 0.354 e. The van der Waals surface area contributed by atoms with Gasteiger partial charge in [-0.25, -0.2) is 14.8 Å². The monoisotopic (exact) mass is 294 g/mol. The molecule has 1 amide bonds. The van der Waals surface area contributed by atoms with Gasteiger partial charge in [0.1, 0.15) is 5.01 Å². The number of nitrogens with zero attached hydrogens (tertiary/aromatic N) is 2. The van der Waals surface area contributed by atoms with Crippen LogP contribution >= 0.6 is 11.3 Å². The number of hydrogen-bond donors (Lipinski definition) is 3. The molecule has 0 aliphatic rings. The molecule has 3 N–H and O–H groups in total. The zero-order valence-corrected chi connectivity index (χ0v) is 11.8. The van der Waals surface area contributed by atoms with Gasteiger partial charge in [0, 0.05) is 11.1 Å². The van der Waals surface area contributed by atoms with Crippen LogP contribution in [0.15, 0.2) is 12.5 Å². The van der Waals surface area contributed by atoms with Crippen molar-refractivity contribution >= 4 is 23.2 Å². The van der Waals surface area contributed by atoms with Crippen molar-refractivity contribution < 1.29 is 14.7 Å². The fourth-order valence-electron chi connectivity index (χ4n) is 1.64. The van der Waals surface area contributed by atoms with Crippen molar-refractivity contribution in [2.24, 2.45) is 0 Å². The predicted octanol–water partition coefficient (Wildman–Crippen LogP) is 1.62. The Morgan fingerprint density at radius 1 is 1.50 bits per heavy atom. The molecule has 0 saturated heterocycles. The highest BCUT2D eigenvalue weighted by Gasteiger charge is 2.22. The number of aromatic carboxylic acids is 1. The van der Waals surface area contributed by atoms with E-state index in [9.17, 15) is 9.59 Å². The number of hydrogen-bond acceptors (Lipinski definition) is 5. The Morgan fingerprint density at radius 2 is 2.25 bits per heavy atom. The lowest BCUT2D eigenvalue weighted by Gasteiger charge is -2.10. The molecule has 2 rings (SSSR count). The van der Waals surface area contributed by atoms with Crippen molar-refractivity contribution in [3.05, 3.63) is 33.8 Å². The van der Waals surface area contributed by atoms with Crippen molar-refractivity contribution in [3.8, 4) is 0 Å². The van der Waals surface area contributed by atoms with Crippen LogP contribution in [-0.4, -0.2) is 31.9 Å². The number of H-pyrrole nitrogens is 1. The molecule has 0 bridgehead atoms. The van der Waals surface area contributed by atoms with Gasteiger partial charge in [0.25, 0.3) is 5.91 Å². The largest absolute Gasteiger partial charge is 0.477 e. The molecule has 20 heavy (non-hydrogen) atoms. The number of carbonyl (C=O) groups excluding carboxylic acids is 1. The number of amides is 1. The van der Waals surface area contributed by atoms with E-state index in [2.05, 4.69) is 20.3 Å². The van der Waals surface area contributed by atoms with E-state index in [-0.39, 0.29) is 17.4 Å². The average molecular weight is 294 g/mol. The number of thiazole rings is 1. The van der Waals surface area contributed by atoms with E-state index in [4.69, 9.17) is 5.11 Å². The second kappa shape index (κ2) is 5.83. The molecule has 106 valence electrons. The van der Waals surface area contributed by atoms with Crippen molar-refractivity contribution in [3.63, 3.8) is 0 Å². The zero-order valence-electron chi connectivity index (χ0n) is 11.0. The van der Waals surface area contributed by atoms with E-state index in [1.807, 2.05) is 6.92 Å². The third kappa shape index (κ3) is 2.85. The van der Waals surface area contributed by atoms with Crippen LogP contribution in [-0.2, 0) is 6.42 Å². The van der Waals surface area contributed by atoms with E-state index in [1.54, 1.807) is 13.1 Å². The van der Waals surface area contributed by atoms with Gasteiger partial charge in [-0.05, 0) is 13.3 Å². The first-order valence-corrected chi connectivity index (χ1v) is 6.86. The SMILES string of the molecule is CCc1cnc(C(C)NC(=O)c2nc[nH]c2C(=O)O)s1. The van der Waals surface area contributed by atoms with Crippen LogP contribution in [0.4, 0.5) is 0 Å². The summed E-state index contributed by atoms with van der Waals surface area (Å²) in [5.41, 5.74) is -0.347. The summed E-state index contributed by atoms with van der Waals surface area (Å²) in [7, 11) is 0. The molecule has 0 aliphatic carbocycles. The van der Waals surface area contributed by atoms with Crippen molar-refractivity contribution in [2.75, 3.05) is 0 Å². The third-order valence-corrected chi connectivity index (χ3v) is 4.03. The van der Waals surface area contributed by atoms with Crippen LogP contribution in [0.25, 0.3) is 0 Å². The van der Waals surface area contributed by atoms with Crippen LogP contribution in [0.1, 0.15) is 50.8 Å². The van der Waals surface area contributed by atoms with Gasteiger partial charge in [-0.2, -0.15) is 0 Å². The summed E-state index contributed by atoms with van der Waals surface area (Å²) in [6.45, 7) is 3.83. The van der Waals surface area contributed by atoms with Gasteiger partial charge in [-0.3, -0.25) is 4.79 Å². The predicted molar refractivity (Wildman–Crippen MR) is 72.9 cm³/mol. The molecule has 0 aromatic carbocycles. The third-order valence-electron chi connectivity index (χ3n) is 2.71. The van der Waals surface area contributed by atoms with Crippen LogP contribution in [0, 0.1) is 0 Å². The summed E-state index contributed by atoms with van der Waals surface area (Å²) in [5, 5.41) is 12.4. The van der Waals surface area contributed by atoms with Crippen molar-refractivity contribution in [1.29, 1.82) is 0 Å². The minimum absolute atomic E-state index is 0.128. The number of rotatable bonds is 5. The van der Waals surface area contributed by atoms with Gasteiger partial charge in [0.15, 0.2) is 11.4 Å². The number of carboxylic acid groups (broad SMARTS) is 1. The van der Waals surface area contributed by atoms with E-state index in [0.29, 0.717) is 0 Å². The van der Waals surface area contributed by atoms with E-state index in [1.165, 1.54) is 17.7 Å². The van der Waals surface area contributed by atoms with Crippen molar-refractivity contribution in [1.82, 2.24) is 20.3 Å². The highest BCUT2D eigenvalue weighted by molar-refractivity contribution is 7.11. The Bertz CT molecular complexity index is 634. The maximum atomic E-state index is 12.0. The summed E-state index contributed by atoms with van der Waals surface area (Å²) >= 11 is 1.52. The van der Waals surface area contributed by atoms with Crippen molar-refractivity contribution in [2.45, 2.75) is 26.3 Å². The quantitative estimate of drug-likeness (QED) is 0.776. The zero-order chi connectivity index (χ0) is 14.7. The Morgan fingerprint density at radius 3 is 2.85 bits per heavy atom. The lowest BCUT2D eigenvalue weighted by molar-refractivity contribution is 0.0684. The highest BCUT2D eigenvalue weighted by atomic mass is 32.1. The maximum absolute atomic E-state index is 12.0. The number of carbonyl (C=O) groups is 2. The minimum Gasteiger partial charge on any atom is -0.477 e. The van der Waals surface area contributed by atoms with Gasteiger partial charge in [0.2, 0.25) is 0 Å². The Labute approximate surface area is 119 Å². The normalized spacial score (nSPS) is 12.1. The second-order valence-electron chi connectivity index (χ2n) is 4.14. The summed E-state index contributed by atoms with van der Waals surface area (Å²) in [4.78, 5) is 34.5. The summed E-state index contributed by atoms with van der Waals surface area (Å²) in [6, 6.07) is -0.300. The van der Waals surface area contributed by atoms with Crippen LogP contribution in [0.5, 0.6) is 0 Å². The van der Waals surface area contributed by atoms with Crippen LogP contribution in [0.3, 0.4) is 0 Å². The van der Waals surface area contributed by atoms with Gasteiger partial charge < -0.3 is 15.4 Å². The molecule has 0 spiro atoms. The lowest BCUT2D eigenvalue weighted by Crippen LogP contribution is -2.28. The van der Waals surface area contributed by atoms with Crippen LogP contribution < -0.4 is 5.32 Å². The summed E-state index contributed by atoms with van der Waals surface area (Å²) < 4.78 is 0. The molecule has 7 nitrogen and oxygen atoms in total. The van der Waals surface area contributed by atoms with E-state index < -0.39 is 11.9 Å². The van der Waals surface area contributed by atoms with Crippen LogP contribution in [0.2, 0.25) is 0 Å². The Kier molecular flexibility index (Phi) is 4.14. The molecule has 1 atom stereocenters. The van der Waals surface area contributed by atoms with E-state index in [0.717, 1.165) is 16.3 Å². The van der Waals surface area contributed by atoms with Gasteiger partial charge in [0.05, 0.1) is 12.4 Å². The number of aromatic nitrogens is 3. The molecule has 0 radical (unpaired) electrons. The number of aryl methyl sites for hydroxylation is 1. The Hall–Kier alpha value is -2.22. The van der Waals surface area contributed by atoms with Gasteiger partial charge in [-0.1, -0.05) is 6.92 Å².